The molecule has 1 heterocycles. The number of hydrogen-bond donors (Lipinski definition) is 1. The van der Waals surface area contributed by atoms with Crippen molar-refractivity contribution < 1.29 is 12.8 Å². The first kappa shape index (κ1) is 14.1. The molecule has 0 spiro atoms. The third-order valence-electron chi connectivity index (χ3n) is 2.63. The zero-order valence-electron chi connectivity index (χ0n) is 10.2. The largest absolute Gasteiger partial charge is 0.472 e. The summed E-state index contributed by atoms with van der Waals surface area (Å²) in [5.41, 5.74) is 6.83. The highest BCUT2D eigenvalue weighted by Gasteiger charge is 2.24. The summed E-state index contributed by atoms with van der Waals surface area (Å²) >= 11 is 3.23. The Morgan fingerprint density at radius 3 is 2.74 bits per heavy atom. The second kappa shape index (κ2) is 5.36. The van der Waals surface area contributed by atoms with Gasteiger partial charge < -0.3 is 10.2 Å². The van der Waals surface area contributed by atoms with E-state index in [9.17, 15) is 8.42 Å². The predicted molar refractivity (Wildman–Crippen MR) is 75.9 cm³/mol. The maximum atomic E-state index is 12.4. The van der Waals surface area contributed by atoms with E-state index in [2.05, 4.69) is 15.9 Å². The molecule has 0 bridgehead atoms. The van der Waals surface area contributed by atoms with Crippen LogP contribution in [0.1, 0.15) is 5.56 Å². The van der Waals surface area contributed by atoms with E-state index in [-0.39, 0.29) is 11.4 Å². The fraction of sp³-hybridized carbons (Fsp3) is 0.167. The Hall–Kier alpha value is -1.31. The first-order chi connectivity index (χ1) is 8.91. The number of anilines is 1. The monoisotopic (exact) mass is 344 g/mol. The quantitative estimate of drug-likeness (QED) is 0.864. The number of nitrogens with zero attached hydrogens (tertiary/aromatic N) is 1. The summed E-state index contributed by atoms with van der Waals surface area (Å²) in [6.45, 7) is 0.236. The molecule has 0 aliphatic heterocycles. The fourth-order valence-corrected chi connectivity index (χ4v) is 3.72. The molecule has 1 aromatic carbocycles. The van der Waals surface area contributed by atoms with Crippen LogP contribution < -0.4 is 5.73 Å². The summed E-state index contributed by atoms with van der Waals surface area (Å²) in [6, 6.07) is 6.42. The zero-order chi connectivity index (χ0) is 14.0. The summed E-state index contributed by atoms with van der Waals surface area (Å²) in [5.74, 6) is 0. The summed E-state index contributed by atoms with van der Waals surface area (Å²) in [6.07, 6.45) is 3.02. The second-order valence-electron chi connectivity index (χ2n) is 4.08. The van der Waals surface area contributed by atoms with E-state index in [4.69, 9.17) is 10.2 Å². The van der Waals surface area contributed by atoms with Gasteiger partial charge in [0.1, 0.15) is 0 Å². The van der Waals surface area contributed by atoms with Crippen LogP contribution in [0.5, 0.6) is 0 Å². The molecule has 5 nitrogen and oxygen atoms in total. The van der Waals surface area contributed by atoms with Crippen molar-refractivity contribution in [1.29, 1.82) is 0 Å². The molecule has 7 heteroatoms. The van der Waals surface area contributed by atoms with Crippen molar-refractivity contribution in [1.82, 2.24) is 4.31 Å². The third-order valence-corrected chi connectivity index (χ3v) is 5.43. The van der Waals surface area contributed by atoms with Crippen molar-refractivity contribution >= 4 is 31.6 Å². The Morgan fingerprint density at radius 2 is 2.11 bits per heavy atom. The SMILES string of the molecule is CN(Cc1ccoc1)S(=O)(=O)c1cc(N)ccc1Br. The van der Waals surface area contributed by atoms with Gasteiger partial charge in [-0.25, -0.2) is 8.42 Å². The van der Waals surface area contributed by atoms with Gasteiger partial charge in [-0.3, -0.25) is 0 Å². The van der Waals surface area contributed by atoms with E-state index in [0.717, 1.165) is 5.56 Å². The molecular formula is C12H13BrN2O3S. The Kier molecular flexibility index (Phi) is 3.98. The van der Waals surface area contributed by atoms with Crippen molar-refractivity contribution in [2.45, 2.75) is 11.4 Å². The standard InChI is InChI=1S/C12H13BrN2O3S/c1-15(7-9-4-5-18-8-9)19(16,17)12-6-10(14)2-3-11(12)13/h2-6,8H,7,14H2,1H3. The molecule has 0 aliphatic rings. The molecule has 0 atom stereocenters. The van der Waals surface area contributed by atoms with Gasteiger partial charge in [-0.1, -0.05) is 0 Å². The van der Waals surface area contributed by atoms with Crippen molar-refractivity contribution in [2.75, 3.05) is 12.8 Å². The Labute approximate surface area is 120 Å². The second-order valence-corrected chi connectivity index (χ2v) is 6.95. The maximum absolute atomic E-state index is 12.4. The van der Waals surface area contributed by atoms with Crippen LogP contribution in [0.15, 0.2) is 50.6 Å². The van der Waals surface area contributed by atoms with Crippen molar-refractivity contribution in [2.24, 2.45) is 0 Å². The van der Waals surface area contributed by atoms with Crippen LogP contribution in [0.25, 0.3) is 0 Å². The topological polar surface area (TPSA) is 76.5 Å². The van der Waals surface area contributed by atoms with Crippen LogP contribution in [-0.2, 0) is 16.6 Å². The summed E-state index contributed by atoms with van der Waals surface area (Å²) < 4.78 is 31.5. The molecule has 102 valence electrons. The van der Waals surface area contributed by atoms with E-state index < -0.39 is 10.0 Å². The number of nitrogen functional groups attached to an aromatic ring is 1. The lowest BCUT2D eigenvalue weighted by molar-refractivity contribution is 0.463. The molecule has 0 saturated heterocycles. The number of halogens is 1. The molecule has 0 fully saturated rings. The third kappa shape index (κ3) is 2.99. The van der Waals surface area contributed by atoms with Gasteiger partial charge in [0.15, 0.2) is 0 Å². The molecule has 0 aliphatic carbocycles. The Morgan fingerprint density at radius 1 is 1.37 bits per heavy atom. The average molecular weight is 345 g/mol. The average Bonchev–Trinajstić information content (AvgIpc) is 2.85. The van der Waals surface area contributed by atoms with E-state index in [1.165, 1.54) is 29.9 Å². The van der Waals surface area contributed by atoms with E-state index in [0.29, 0.717) is 10.2 Å². The van der Waals surface area contributed by atoms with Crippen molar-refractivity contribution in [3.05, 3.63) is 46.8 Å². The van der Waals surface area contributed by atoms with E-state index >= 15 is 0 Å². The van der Waals surface area contributed by atoms with Crippen LogP contribution in [0.4, 0.5) is 5.69 Å². The van der Waals surface area contributed by atoms with E-state index in [1.807, 2.05) is 0 Å². The van der Waals surface area contributed by atoms with Gasteiger partial charge in [-0.15, -0.1) is 0 Å². The van der Waals surface area contributed by atoms with Crippen LogP contribution in [0, 0.1) is 0 Å². The minimum atomic E-state index is -3.60. The highest BCUT2D eigenvalue weighted by atomic mass is 79.9. The molecule has 0 saturated carbocycles. The normalized spacial score (nSPS) is 11.9. The van der Waals surface area contributed by atoms with E-state index in [1.54, 1.807) is 18.2 Å². The first-order valence-corrected chi connectivity index (χ1v) is 7.67. The Balaban J connectivity index is 2.33. The minimum absolute atomic E-state index is 0.151. The van der Waals surface area contributed by atoms with Crippen molar-refractivity contribution in [3.63, 3.8) is 0 Å². The zero-order valence-corrected chi connectivity index (χ0v) is 12.6. The van der Waals surface area contributed by atoms with Crippen LogP contribution in [0.2, 0.25) is 0 Å². The molecule has 1 aromatic heterocycles. The lowest BCUT2D eigenvalue weighted by Crippen LogP contribution is -2.26. The number of rotatable bonds is 4. The number of furan rings is 1. The van der Waals surface area contributed by atoms with Gasteiger partial charge in [0, 0.05) is 29.3 Å². The minimum Gasteiger partial charge on any atom is -0.472 e. The Bertz CT molecular complexity index is 668. The van der Waals surface area contributed by atoms with Crippen LogP contribution in [-0.4, -0.2) is 19.8 Å². The summed E-state index contributed by atoms with van der Waals surface area (Å²) in [4.78, 5) is 0.151. The number of sulfonamides is 1. The van der Waals surface area contributed by atoms with Gasteiger partial charge >= 0.3 is 0 Å². The maximum Gasteiger partial charge on any atom is 0.244 e. The van der Waals surface area contributed by atoms with Crippen LogP contribution >= 0.6 is 15.9 Å². The van der Waals surface area contributed by atoms with Gasteiger partial charge in [0.2, 0.25) is 10.0 Å². The molecule has 2 aromatic rings. The number of benzene rings is 1. The van der Waals surface area contributed by atoms with Gasteiger partial charge in [0.05, 0.1) is 17.4 Å². The van der Waals surface area contributed by atoms with Crippen LogP contribution in [0.3, 0.4) is 0 Å². The van der Waals surface area contributed by atoms with Crippen molar-refractivity contribution in [3.8, 4) is 0 Å². The highest BCUT2D eigenvalue weighted by Crippen LogP contribution is 2.27. The number of nitrogens with two attached hydrogens (primary N) is 1. The molecule has 2 rings (SSSR count). The summed E-state index contributed by atoms with van der Waals surface area (Å²) in [7, 11) is -2.09. The molecule has 0 unspecified atom stereocenters. The molecule has 2 N–H and O–H groups in total. The van der Waals surface area contributed by atoms with Gasteiger partial charge in [-0.2, -0.15) is 4.31 Å². The first-order valence-electron chi connectivity index (χ1n) is 5.43. The fourth-order valence-electron chi connectivity index (χ4n) is 1.61. The molecule has 19 heavy (non-hydrogen) atoms. The highest BCUT2D eigenvalue weighted by molar-refractivity contribution is 9.10. The van der Waals surface area contributed by atoms with Gasteiger partial charge in [-0.05, 0) is 40.2 Å². The molecular weight excluding hydrogens is 332 g/mol. The summed E-state index contributed by atoms with van der Waals surface area (Å²) in [5, 5.41) is 0. The smallest absolute Gasteiger partial charge is 0.244 e. The molecule has 0 amide bonds. The number of hydrogen-bond acceptors (Lipinski definition) is 4. The lowest BCUT2D eigenvalue weighted by Gasteiger charge is -2.17. The van der Waals surface area contributed by atoms with Gasteiger partial charge in [0.25, 0.3) is 0 Å². The lowest BCUT2D eigenvalue weighted by atomic mass is 10.3. The molecule has 0 radical (unpaired) electrons. The predicted octanol–water partition coefficient (Wildman–Crippen LogP) is 2.45.